The molecule has 2 aromatic carbocycles. The van der Waals surface area contributed by atoms with E-state index in [4.69, 9.17) is 14.9 Å². The monoisotopic (exact) mass is 855 g/mol. The van der Waals surface area contributed by atoms with Crippen LogP contribution in [0.5, 0.6) is 0 Å². The van der Waals surface area contributed by atoms with Crippen LogP contribution in [0, 0.1) is 0 Å². The van der Waals surface area contributed by atoms with E-state index < -0.39 is 54.2 Å². The molecule has 2 aliphatic heterocycles. The normalized spacial score (nSPS) is 15.1. The second-order valence-corrected chi connectivity index (χ2v) is 14.2. The lowest BCUT2D eigenvalue weighted by Gasteiger charge is -2.27. The summed E-state index contributed by atoms with van der Waals surface area (Å²) in [6.07, 6.45) is 0.801. The van der Waals surface area contributed by atoms with Crippen molar-refractivity contribution < 1.29 is 55.9 Å². The number of amides is 6. The number of ketones is 1. The molecule has 0 radical (unpaired) electrons. The number of Topliss-reactive ketones (excluding diaryl/α,β-unsaturated/α-hetero) is 1. The van der Waals surface area contributed by atoms with Crippen molar-refractivity contribution in [3.8, 4) is 17.1 Å². The Kier molecular flexibility index (Phi) is 12.3. The number of piperidine rings is 1. The predicted octanol–water partition coefficient (Wildman–Crippen LogP) is 4.26. The van der Waals surface area contributed by atoms with Crippen LogP contribution in [0.1, 0.15) is 89.7 Å². The number of carbonyl (C=O) groups is 7. The van der Waals surface area contributed by atoms with Gasteiger partial charge in [-0.3, -0.25) is 43.8 Å². The number of halogens is 3. The minimum atomic E-state index is -4.47. The highest BCUT2D eigenvalue weighted by Crippen LogP contribution is 2.31. The van der Waals surface area contributed by atoms with Crippen molar-refractivity contribution in [1.82, 2.24) is 30.0 Å². The zero-order chi connectivity index (χ0) is 44.1. The number of nitrogens with two attached hydrogens (primary N) is 1. The van der Waals surface area contributed by atoms with Gasteiger partial charge in [0.15, 0.2) is 17.2 Å². The number of aryl methyl sites for hydroxylation is 1. The van der Waals surface area contributed by atoms with Gasteiger partial charge in [-0.15, -0.1) is 0 Å². The number of primary amides is 1. The molecule has 62 heavy (non-hydrogen) atoms. The Balaban J connectivity index is 0.876. The molecule has 6 amide bonds. The van der Waals surface area contributed by atoms with E-state index in [2.05, 4.69) is 31.0 Å². The summed E-state index contributed by atoms with van der Waals surface area (Å²) >= 11 is 0. The van der Waals surface area contributed by atoms with Crippen molar-refractivity contribution in [3.63, 3.8) is 0 Å². The van der Waals surface area contributed by atoms with Crippen LogP contribution in [0.4, 0.5) is 24.7 Å². The van der Waals surface area contributed by atoms with Gasteiger partial charge in [-0.2, -0.15) is 18.3 Å². The number of hydrogen-bond donors (Lipinski definition) is 4. The van der Waals surface area contributed by atoms with Crippen LogP contribution in [0.25, 0.3) is 17.1 Å². The third-order valence-electron chi connectivity index (χ3n) is 9.85. The minimum absolute atomic E-state index is 0.0299. The Labute approximate surface area is 349 Å². The second-order valence-electron chi connectivity index (χ2n) is 14.2. The average Bonchev–Trinajstić information content (AvgIpc) is 3.97. The summed E-state index contributed by atoms with van der Waals surface area (Å²) in [5.41, 5.74) is 7.17. The first kappa shape index (κ1) is 42.6. The summed E-state index contributed by atoms with van der Waals surface area (Å²) < 4.78 is 50.2. The van der Waals surface area contributed by atoms with E-state index in [0.717, 1.165) is 11.2 Å². The fourth-order valence-electron chi connectivity index (χ4n) is 6.87. The van der Waals surface area contributed by atoms with Crippen LogP contribution in [0.3, 0.4) is 0 Å². The van der Waals surface area contributed by atoms with E-state index in [1.807, 2.05) is 0 Å². The largest absolute Gasteiger partial charge is 0.444 e. The molecule has 1 unspecified atom stereocenters. The topological polar surface area (TPSA) is 251 Å². The Morgan fingerprint density at radius 3 is 2.52 bits per heavy atom. The van der Waals surface area contributed by atoms with Crippen LogP contribution in [-0.2, 0) is 20.7 Å². The lowest BCUT2D eigenvalue weighted by atomic mass is 9.99. The fourth-order valence-corrected chi connectivity index (χ4v) is 6.87. The van der Waals surface area contributed by atoms with E-state index in [0.29, 0.717) is 42.7 Å². The molecule has 5 N–H and O–H groups in total. The molecule has 7 rings (SSSR count). The van der Waals surface area contributed by atoms with Gasteiger partial charge >= 0.3 is 6.18 Å². The van der Waals surface area contributed by atoms with Gasteiger partial charge in [-0.25, -0.2) is 14.6 Å². The Hall–Kier alpha value is -7.55. The molecule has 0 aliphatic carbocycles. The molecule has 0 bridgehead atoms. The van der Waals surface area contributed by atoms with Crippen molar-refractivity contribution in [1.29, 1.82) is 0 Å². The molecule has 0 spiro atoms. The molecule has 5 aromatic rings. The standard InChI is InChI=1S/C41H36F3N9O9/c42-41(43,44)21-47-31-18-24(14-15-46-31)38-49-28(20-62-38)36(57)48-27-19-52(51-34(27)35(45)56)25-10-8-22(9-11-25)30(54)7-3-17-61-16-2-5-23-4-1-6-26-33(23)40(60)53(39(26)59)29-12-13-32(55)50-37(29)58/h1,4,6,8-11,14-15,18-20,29H,2-3,5,7,12-13,16-17,21H2,(H2,45,56)(H,46,47)(H,48,57)(H,50,55,58). The highest BCUT2D eigenvalue weighted by molar-refractivity contribution is 6.24. The number of oxazole rings is 1. The summed E-state index contributed by atoms with van der Waals surface area (Å²) in [5.74, 6) is -4.32. The van der Waals surface area contributed by atoms with Crippen LogP contribution < -0.4 is 21.7 Å². The maximum absolute atomic E-state index is 13.3. The minimum Gasteiger partial charge on any atom is -0.444 e. The number of anilines is 2. The lowest BCUT2D eigenvalue weighted by Crippen LogP contribution is -2.54. The Bertz CT molecular complexity index is 2590. The zero-order valence-corrected chi connectivity index (χ0v) is 32.5. The first-order chi connectivity index (χ1) is 29.7. The molecule has 3 aromatic heterocycles. The maximum Gasteiger partial charge on any atom is 0.405 e. The Morgan fingerprint density at radius 2 is 1.77 bits per heavy atom. The van der Waals surface area contributed by atoms with Crippen molar-refractivity contribution in [2.24, 2.45) is 5.73 Å². The average molecular weight is 856 g/mol. The number of alkyl halides is 3. The summed E-state index contributed by atoms with van der Waals surface area (Å²) in [6.45, 7) is -0.693. The third kappa shape index (κ3) is 9.57. The van der Waals surface area contributed by atoms with Gasteiger partial charge < -0.3 is 25.5 Å². The number of nitrogens with one attached hydrogen (secondary N) is 3. The van der Waals surface area contributed by atoms with Gasteiger partial charge in [0.2, 0.25) is 17.7 Å². The van der Waals surface area contributed by atoms with Gasteiger partial charge in [-0.05, 0) is 73.7 Å². The van der Waals surface area contributed by atoms with Gasteiger partial charge in [0.1, 0.15) is 24.7 Å². The molecule has 18 nitrogen and oxygen atoms in total. The SMILES string of the molecule is NC(=O)c1nn(-c2ccc(C(=O)CCCOCCCc3cccc4c3C(=O)N(C3CCC(=O)NC3=O)C4=O)cc2)cc1NC(=O)c1coc(-c2ccnc(NCC(F)(F)F)c2)n1. The van der Waals surface area contributed by atoms with Crippen LogP contribution in [-0.4, -0.2) is 97.9 Å². The number of ether oxygens (including phenoxy) is 1. The molecule has 1 saturated heterocycles. The van der Waals surface area contributed by atoms with E-state index >= 15 is 0 Å². The molecular weight excluding hydrogens is 819 g/mol. The number of rotatable bonds is 17. The predicted molar refractivity (Wildman–Crippen MR) is 210 cm³/mol. The van der Waals surface area contributed by atoms with Gasteiger partial charge in [0.25, 0.3) is 23.6 Å². The number of nitrogens with zero attached hydrogens (tertiary/aromatic N) is 5. The molecule has 21 heteroatoms. The van der Waals surface area contributed by atoms with E-state index in [1.165, 1.54) is 29.2 Å². The fraction of sp³-hybridized carbons (Fsp3) is 0.268. The quantitative estimate of drug-likeness (QED) is 0.0581. The number of hydrogen-bond acceptors (Lipinski definition) is 13. The molecule has 320 valence electrons. The second kappa shape index (κ2) is 18.0. The van der Waals surface area contributed by atoms with Crippen molar-refractivity contribution in [2.75, 3.05) is 30.4 Å². The van der Waals surface area contributed by atoms with Gasteiger partial charge in [-0.1, -0.05) is 12.1 Å². The van der Waals surface area contributed by atoms with Crippen LogP contribution in [0.15, 0.2) is 77.7 Å². The van der Waals surface area contributed by atoms with Crippen LogP contribution >= 0.6 is 0 Å². The number of pyridine rings is 1. The number of aromatic nitrogens is 4. The molecule has 5 heterocycles. The molecule has 2 aliphatic rings. The molecule has 0 saturated carbocycles. The van der Waals surface area contributed by atoms with Crippen molar-refractivity contribution >= 4 is 52.7 Å². The lowest BCUT2D eigenvalue weighted by molar-refractivity contribution is -0.136. The highest BCUT2D eigenvalue weighted by atomic mass is 19.4. The first-order valence-corrected chi connectivity index (χ1v) is 19.1. The summed E-state index contributed by atoms with van der Waals surface area (Å²) in [7, 11) is 0. The van der Waals surface area contributed by atoms with Gasteiger partial charge in [0, 0.05) is 43.4 Å². The zero-order valence-electron chi connectivity index (χ0n) is 32.5. The van der Waals surface area contributed by atoms with Crippen molar-refractivity contribution in [2.45, 2.75) is 50.7 Å². The summed E-state index contributed by atoms with van der Waals surface area (Å²) in [6, 6.07) is 12.9. The Morgan fingerprint density at radius 1 is 1.00 bits per heavy atom. The van der Waals surface area contributed by atoms with Crippen LogP contribution in [0.2, 0.25) is 0 Å². The number of benzene rings is 2. The van der Waals surface area contributed by atoms with Gasteiger partial charge in [0.05, 0.1) is 28.7 Å². The van der Waals surface area contributed by atoms with E-state index in [9.17, 15) is 46.7 Å². The molecule has 1 atom stereocenters. The number of carbonyl (C=O) groups excluding carboxylic acids is 7. The molecule has 1 fully saturated rings. The smallest absolute Gasteiger partial charge is 0.405 e. The number of fused-ring (bicyclic) bond motifs is 1. The summed E-state index contributed by atoms with van der Waals surface area (Å²) in [5, 5.41) is 11.0. The number of imide groups is 2. The highest BCUT2D eigenvalue weighted by Gasteiger charge is 2.45. The van der Waals surface area contributed by atoms with E-state index in [-0.39, 0.29) is 77.1 Å². The molecular formula is C41H36F3N9O9. The van der Waals surface area contributed by atoms with E-state index in [1.54, 1.807) is 42.5 Å². The van der Waals surface area contributed by atoms with Crippen molar-refractivity contribution in [3.05, 3.63) is 107 Å². The first-order valence-electron chi connectivity index (χ1n) is 19.1. The summed E-state index contributed by atoms with van der Waals surface area (Å²) in [4.78, 5) is 97.5. The maximum atomic E-state index is 13.3. The third-order valence-corrected chi connectivity index (χ3v) is 9.85.